The maximum atomic E-state index is 11.9. The highest BCUT2D eigenvalue weighted by Crippen LogP contribution is 2.17. The molecule has 1 saturated heterocycles. The van der Waals surface area contributed by atoms with Crippen LogP contribution in [0.25, 0.3) is 0 Å². The monoisotopic (exact) mass is 337 g/mol. The van der Waals surface area contributed by atoms with Crippen LogP contribution in [0.1, 0.15) is 58.3 Å². The number of piperidine rings is 1. The van der Waals surface area contributed by atoms with E-state index in [4.69, 9.17) is 0 Å². The predicted octanol–water partition coefficient (Wildman–Crippen LogP) is 1.47. The zero-order valence-corrected chi connectivity index (χ0v) is 15.4. The van der Waals surface area contributed by atoms with E-state index in [2.05, 4.69) is 32.8 Å². The lowest BCUT2D eigenvalue weighted by Gasteiger charge is -2.32. The molecule has 24 heavy (non-hydrogen) atoms. The van der Waals surface area contributed by atoms with Crippen LogP contribution < -0.4 is 16.0 Å². The van der Waals surface area contributed by atoms with Crippen LogP contribution in [0.3, 0.4) is 0 Å². The Kier molecular flexibility index (Phi) is 8.36. The maximum absolute atomic E-state index is 11.9. The van der Waals surface area contributed by atoms with Crippen LogP contribution in [0, 0.1) is 0 Å². The van der Waals surface area contributed by atoms with E-state index < -0.39 is 0 Å². The van der Waals surface area contributed by atoms with Crippen molar-refractivity contribution in [3.05, 3.63) is 0 Å². The van der Waals surface area contributed by atoms with Crippen LogP contribution in [0.5, 0.6) is 0 Å². The van der Waals surface area contributed by atoms with Crippen LogP contribution in [-0.2, 0) is 4.79 Å². The number of hydrogen-bond acceptors (Lipinski definition) is 3. The van der Waals surface area contributed by atoms with E-state index in [9.17, 15) is 4.79 Å². The van der Waals surface area contributed by atoms with Gasteiger partial charge in [-0.1, -0.05) is 19.8 Å². The van der Waals surface area contributed by atoms with E-state index in [0.717, 1.165) is 44.7 Å². The number of hydrogen-bond donors (Lipinski definition) is 3. The molecule has 1 saturated carbocycles. The van der Waals surface area contributed by atoms with Gasteiger partial charge in [-0.05, 0) is 38.6 Å². The first kappa shape index (κ1) is 19.0. The number of guanidine groups is 1. The van der Waals surface area contributed by atoms with Crippen molar-refractivity contribution in [1.82, 2.24) is 20.9 Å². The molecule has 0 aromatic heterocycles. The average Bonchev–Trinajstić information content (AvgIpc) is 3.08. The first-order chi connectivity index (χ1) is 11.7. The number of amides is 1. The molecule has 3 N–H and O–H groups in total. The fourth-order valence-corrected chi connectivity index (χ4v) is 3.67. The Morgan fingerprint density at radius 1 is 1.08 bits per heavy atom. The minimum atomic E-state index is 0.151. The van der Waals surface area contributed by atoms with Crippen molar-refractivity contribution in [2.75, 3.05) is 33.2 Å². The van der Waals surface area contributed by atoms with Gasteiger partial charge in [-0.3, -0.25) is 9.79 Å². The summed E-state index contributed by atoms with van der Waals surface area (Å²) >= 11 is 0. The Labute approximate surface area is 146 Å². The lowest BCUT2D eigenvalue weighted by Crippen LogP contribution is -2.49. The number of aliphatic imine (C=N–C) groups is 1. The molecule has 0 spiro atoms. The second kappa shape index (κ2) is 10.5. The Bertz CT molecular complexity index is 398. The molecular formula is C18H35N5O. The number of rotatable bonds is 7. The van der Waals surface area contributed by atoms with Crippen molar-refractivity contribution in [3.8, 4) is 0 Å². The molecule has 1 amide bonds. The van der Waals surface area contributed by atoms with Gasteiger partial charge in [0, 0.05) is 45.2 Å². The Morgan fingerprint density at radius 3 is 2.38 bits per heavy atom. The molecule has 6 nitrogen and oxygen atoms in total. The lowest BCUT2D eigenvalue weighted by molar-refractivity contribution is -0.121. The van der Waals surface area contributed by atoms with Gasteiger partial charge in [-0.15, -0.1) is 0 Å². The molecular weight excluding hydrogens is 302 g/mol. The van der Waals surface area contributed by atoms with E-state index in [1.165, 1.54) is 25.8 Å². The number of carbonyl (C=O) groups is 1. The summed E-state index contributed by atoms with van der Waals surface area (Å²) in [6, 6.07) is 0.889. The predicted molar refractivity (Wildman–Crippen MR) is 99.3 cm³/mol. The van der Waals surface area contributed by atoms with Crippen LogP contribution >= 0.6 is 0 Å². The highest BCUT2D eigenvalue weighted by molar-refractivity contribution is 5.81. The van der Waals surface area contributed by atoms with Gasteiger partial charge in [0.2, 0.25) is 5.91 Å². The lowest BCUT2D eigenvalue weighted by atomic mass is 10.1. The Hall–Kier alpha value is -1.30. The molecule has 6 heteroatoms. The summed E-state index contributed by atoms with van der Waals surface area (Å²) in [6.07, 6.45) is 8.81. The van der Waals surface area contributed by atoms with Crippen LogP contribution in [-0.4, -0.2) is 62.1 Å². The molecule has 0 bridgehead atoms. The van der Waals surface area contributed by atoms with Crippen LogP contribution in [0.4, 0.5) is 0 Å². The molecule has 0 unspecified atom stereocenters. The normalized spacial score (nSPS) is 21.0. The molecule has 0 aromatic rings. The highest BCUT2D eigenvalue weighted by Gasteiger charge is 2.19. The minimum absolute atomic E-state index is 0.151. The van der Waals surface area contributed by atoms with Gasteiger partial charge in [0.1, 0.15) is 0 Å². The van der Waals surface area contributed by atoms with E-state index in [1.807, 2.05) is 0 Å². The molecule has 2 rings (SSSR count). The van der Waals surface area contributed by atoms with Gasteiger partial charge in [0.15, 0.2) is 5.96 Å². The van der Waals surface area contributed by atoms with E-state index in [1.54, 1.807) is 7.05 Å². The summed E-state index contributed by atoms with van der Waals surface area (Å²) in [4.78, 5) is 18.8. The molecule has 0 aromatic carbocycles. The average molecular weight is 338 g/mol. The third kappa shape index (κ3) is 6.67. The largest absolute Gasteiger partial charge is 0.356 e. The van der Waals surface area contributed by atoms with Gasteiger partial charge in [0.05, 0.1) is 0 Å². The van der Waals surface area contributed by atoms with E-state index in [-0.39, 0.29) is 5.91 Å². The maximum Gasteiger partial charge on any atom is 0.221 e. The summed E-state index contributed by atoms with van der Waals surface area (Å²) < 4.78 is 0. The fourth-order valence-electron chi connectivity index (χ4n) is 3.67. The van der Waals surface area contributed by atoms with Gasteiger partial charge in [-0.2, -0.15) is 0 Å². The molecule has 2 aliphatic rings. The number of nitrogens with zero attached hydrogens (tertiary/aromatic N) is 2. The highest BCUT2D eigenvalue weighted by atomic mass is 16.1. The topological polar surface area (TPSA) is 68.8 Å². The van der Waals surface area contributed by atoms with E-state index >= 15 is 0 Å². The third-order valence-electron chi connectivity index (χ3n) is 5.06. The quantitative estimate of drug-likeness (QED) is 0.486. The molecule has 2 fully saturated rings. The van der Waals surface area contributed by atoms with Crippen molar-refractivity contribution in [2.24, 2.45) is 4.99 Å². The summed E-state index contributed by atoms with van der Waals surface area (Å²) in [7, 11) is 1.79. The summed E-state index contributed by atoms with van der Waals surface area (Å²) in [6.45, 7) is 6.39. The van der Waals surface area contributed by atoms with Gasteiger partial charge < -0.3 is 20.9 Å². The van der Waals surface area contributed by atoms with Crippen molar-refractivity contribution in [3.63, 3.8) is 0 Å². The van der Waals surface area contributed by atoms with Gasteiger partial charge in [-0.25, -0.2) is 0 Å². The Morgan fingerprint density at radius 2 is 1.75 bits per heavy atom. The molecule has 0 atom stereocenters. The number of carbonyl (C=O) groups excluding carboxylic acids is 1. The SMILES string of the molecule is CCCN1CCC(NC(=NC)NCCC(=O)NC2CCCC2)CC1. The first-order valence-corrected chi connectivity index (χ1v) is 9.70. The number of nitrogens with one attached hydrogen (secondary N) is 3. The van der Waals surface area contributed by atoms with E-state index in [0.29, 0.717) is 25.0 Å². The minimum Gasteiger partial charge on any atom is -0.356 e. The molecule has 0 radical (unpaired) electrons. The zero-order valence-electron chi connectivity index (χ0n) is 15.4. The standard InChI is InChI=1S/C18H35N5O/c1-3-12-23-13-9-16(10-14-23)22-18(19-2)20-11-8-17(24)21-15-6-4-5-7-15/h15-16H,3-14H2,1-2H3,(H,21,24)(H2,19,20,22). The smallest absolute Gasteiger partial charge is 0.221 e. The van der Waals surface area contributed by atoms with Crippen LogP contribution in [0.2, 0.25) is 0 Å². The molecule has 1 heterocycles. The van der Waals surface area contributed by atoms with Crippen molar-refractivity contribution in [2.45, 2.75) is 70.4 Å². The molecule has 1 aliphatic heterocycles. The number of likely N-dealkylation sites (tertiary alicyclic amines) is 1. The molecule has 1 aliphatic carbocycles. The Balaban J connectivity index is 1.59. The van der Waals surface area contributed by atoms with Gasteiger partial charge in [0.25, 0.3) is 0 Å². The fraction of sp³-hybridized carbons (Fsp3) is 0.889. The third-order valence-corrected chi connectivity index (χ3v) is 5.06. The van der Waals surface area contributed by atoms with Crippen molar-refractivity contribution in [1.29, 1.82) is 0 Å². The second-order valence-corrected chi connectivity index (χ2v) is 7.06. The van der Waals surface area contributed by atoms with Crippen LogP contribution in [0.15, 0.2) is 4.99 Å². The first-order valence-electron chi connectivity index (χ1n) is 9.70. The zero-order chi connectivity index (χ0) is 17.2. The van der Waals surface area contributed by atoms with Crippen molar-refractivity contribution >= 4 is 11.9 Å². The summed E-state index contributed by atoms with van der Waals surface area (Å²) in [5, 5.41) is 9.89. The molecule has 138 valence electrons. The summed E-state index contributed by atoms with van der Waals surface area (Å²) in [5.74, 6) is 0.968. The van der Waals surface area contributed by atoms with Crippen molar-refractivity contribution < 1.29 is 4.79 Å². The summed E-state index contributed by atoms with van der Waals surface area (Å²) in [5.41, 5.74) is 0. The van der Waals surface area contributed by atoms with Gasteiger partial charge >= 0.3 is 0 Å². The second-order valence-electron chi connectivity index (χ2n) is 7.06.